The van der Waals surface area contributed by atoms with Crippen molar-refractivity contribution in [1.29, 1.82) is 0 Å². The highest BCUT2D eigenvalue weighted by Gasteiger charge is 2.14. The molecule has 3 N–H and O–H groups in total. The molecule has 112 valence electrons. The second-order valence-electron chi connectivity index (χ2n) is 6.48. The Bertz CT molecular complexity index is 249. The lowest BCUT2D eigenvalue weighted by Gasteiger charge is -2.22. The molecule has 1 aliphatic carbocycles. The van der Waals surface area contributed by atoms with E-state index in [0.717, 1.165) is 18.8 Å². The van der Waals surface area contributed by atoms with Gasteiger partial charge in [-0.1, -0.05) is 58.3 Å². The second kappa shape index (κ2) is 9.35. The van der Waals surface area contributed by atoms with E-state index in [2.05, 4.69) is 6.92 Å². The average molecular weight is 269 g/mol. The van der Waals surface area contributed by atoms with E-state index in [4.69, 9.17) is 10.8 Å². The first kappa shape index (κ1) is 16.5. The Morgan fingerprint density at radius 2 is 1.89 bits per heavy atom. The van der Waals surface area contributed by atoms with Crippen LogP contribution in [0.15, 0.2) is 0 Å². The van der Waals surface area contributed by atoms with Gasteiger partial charge in [0.2, 0.25) is 0 Å². The number of aliphatic carboxylic acids is 1. The van der Waals surface area contributed by atoms with Crippen LogP contribution in [0, 0.1) is 11.8 Å². The Morgan fingerprint density at radius 1 is 1.21 bits per heavy atom. The van der Waals surface area contributed by atoms with Gasteiger partial charge in [0.25, 0.3) is 0 Å². The van der Waals surface area contributed by atoms with E-state index in [1.165, 1.54) is 51.4 Å². The third-order valence-corrected chi connectivity index (χ3v) is 4.50. The van der Waals surface area contributed by atoms with Crippen LogP contribution in [-0.4, -0.2) is 17.1 Å². The van der Waals surface area contributed by atoms with Crippen molar-refractivity contribution in [3.05, 3.63) is 0 Å². The van der Waals surface area contributed by atoms with Crippen molar-refractivity contribution in [3.8, 4) is 0 Å². The van der Waals surface area contributed by atoms with Crippen LogP contribution in [0.25, 0.3) is 0 Å². The summed E-state index contributed by atoms with van der Waals surface area (Å²) in [5.41, 5.74) is 5.79. The summed E-state index contributed by atoms with van der Waals surface area (Å²) >= 11 is 0. The van der Waals surface area contributed by atoms with Crippen LogP contribution in [0.1, 0.15) is 77.6 Å². The van der Waals surface area contributed by atoms with Gasteiger partial charge in [0, 0.05) is 6.04 Å². The summed E-state index contributed by atoms with van der Waals surface area (Å²) in [6, 6.07) is -0.168. The topological polar surface area (TPSA) is 63.3 Å². The van der Waals surface area contributed by atoms with Crippen LogP contribution < -0.4 is 5.73 Å². The molecule has 0 amide bonds. The van der Waals surface area contributed by atoms with Crippen LogP contribution in [-0.2, 0) is 4.79 Å². The van der Waals surface area contributed by atoms with Crippen LogP contribution in [0.5, 0.6) is 0 Å². The highest BCUT2D eigenvalue weighted by Crippen LogP contribution is 2.28. The summed E-state index contributed by atoms with van der Waals surface area (Å²) in [5, 5.41) is 8.65. The summed E-state index contributed by atoms with van der Waals surface area (Å²) in [5.74, 6) is 0.885. The molecule has 2 atom stereocenters. The number of rotatable bonds is 9. The van der Waals surface area contributed by atoms with Crippen molar-refractivity contribution in [2.45, 2.75) is 83.6 Å². The average Bonchev–Trinajstić information content (AvgIpc) is 2.37. The zero-order valence-corrected chi connectivity index (χ0v) is 12.4. The van der Waals surface area contributed by atoms with E-state index in [1.807, 2.05) is 0 Å². The molecule has 0 bridgehead atoms. The number of carboxylic acids is 1. The van der Waals surface area contributed by atoms with Crippen LogP contribution in [0.3, 0.4) is 0 Å². The van der Waals surface area contributed by atoms with E-state index in [0.29, 0.717) is 5.92 Å². The molecule has 0 heterocycles. The molecule has 0 saturated heterocycles. The molecule has 0 aromatic rings. The van der Waals surface area contributed by atoms with E-state index >= 15 is 0 Å². The Morgan fingerprint density at radius 3 is 2.53 bits per heavy atom. The fraction of sp³-hybridized carbons (Fsp3) is 0.938. The fourth-order valence-corrected chi connectivity index (χ4v) is 3.20. The van der Waals surface area contributed by atoms with Crippen LogP contribution in [0.2, 0.25) is 0 Å². The monoisotopic (exact) mass is 269 g/mol. The second-order valence-corrected chi connectivity index (χ2v) is 6.48. The van der Waals surface area contributed by atoms with E-state index in [-0.39, 0.29) is 12.5 Å². The number of nitrogens with two attached hydrogens (primary N) is 1. The van der Waals surface area contributed by atoms with Crippen molar-refractivity contribution < 1.29 is 9.90 Å². The number of carboxylic acid groups (broad SMARTS) is 1. The van der Waals surface area contributed by atoms with Crippen molar-refractivity contribution >= 4 is 5.97 Å². The van der Waals surface area contributed by atoms with Gasteiger partial charge in [-0.25, -0.2) is 0 Å². The maximum absolute atomic E-state index is 10.5. The predicted octanol–water partition coefficient (Wildman–Crippen LogP) is 3.96. The quantitative estimate of drug-likeness (QED) is 0.666. The molecule has 1 rings (SSSR count). The van der Waals surface area contributed by atoms with Gasteiger partial charge < -0.3 is 10.8 Å². The number of hydrogen-bond acceptors (Lipinski definition) is 2. The lowest BCUT2D eigenvalue weighted by molar-refractivity contribution is -0.137. The smallest absolute Gasteiger partial charge is 0.304 e. The SMILES string of the molecule is C[C@@H](CCCC1CCCCC1)CC[C@H](N)CC(=O)O. The molecule has 0 radical (unpaired) electrons. The molecule has 3 heteroatoms. The molecule has 0 spiro atoms. The molecular weight excluding hydrogens is 238 g/mol. The molecule has 0 aromatic carbocycles. The van der Waals surface area contributed by atoms with Crippen molar-refractivity contribution in [3.63, 3.8) is 0 Å². The standard InChI is InChI=1S/C16H31NO2/c1-13(10-11-15(17)12-16(18)19)6-5-9-14-7-3-2-4-8-14/h13-15H,2-12,17H2,1H3,(H,18,19)/t13-,15-/m0/s1. The highest BCUT2D eigenvalue weighted by molar-refractivity contribution is 5.67. The minimum absolute atomic E-state index is 0.106. The van der Waals surface area contributed by atoms with Gasteiger partial charge in [-0.3, -0.25) is 4.79 Å². The minimum Gasteiger partial charge on any atom is -0.481 e. The lowest BCUT2D eigenvalue weighted by atomic mass is 9.84. The van der Waals surface area contributed by atoms with Crippen LogP contribution >= 0.6 is 0 Å². The third-order valence-electron chi connectivity index (χ3n) is 4.50. The molecule has 1 saturated carbocycles. The Kier molecular flexibility index (Phi) is 8.11. The van der Waals surface area contributed by atoms with Gasteiger partial charge in [0.05, 0.1) is 6.42 Å². The highest BCUT2D eigenvalue weighted by atomic mass is 16.4. The van der Waals surface area contributed by atoms with E-state index in [9.17, 15) is 4.79 Å². The van der Waals surface area contributed by atoms with Gasteiger partial charge in [-0.2, -0.15) is 0 Å². The van der Waals surface area contributed by atoms with E-state index < -0.39 is 5.97 Å². The largest absolute Gasteiger partial charge is 0.481 e. The van der Waals surface area contributed by atoms with Crippen LogP contribution in [0.4, 0.5) is 0 Å². The first-order valence-electron chi connectivity index (χ1n) is 8.05. The van der Waals surface area contributed by atoms with Crippen molar-refractivity contribution in [2.75, 3.05) is 0 Å². The summed E-state index contributed by atoms with van der Waals surface area (Å²) in [4.78, 5) is 10.5. The molecular formula is C16H31NO2. The maximum atomic E-state index is 10.5. The molecule has 19 heavy (non-hydrogen) atoms. The first-order chi connectivity index (χ1) is 9.08. The Hall–Kier alpha value is -0.570. The number of carbonyl (C=O) groups is 1. The van der Waals surface area contributed by atoms with Gasteiger partial charge in [-0.15, -0.1) is 0 Å². The van der Waals surface area contributed by atoms with E-state index in [1.54, 1.807) is 0 Å². The normalized spacial score (nSPS) is 20.1. The van der Waals surface area contributed by atoms with Crippen molar-refractivity contribution in [1.82, 2.24) is 0 Å². The third kappa shape index (κ3) is 8.25. The molecule has 1 fully saturated rings. The minimum atomic E-state index is -0.780. The summed E-state index contributed by atoms with van der Waals surface area (Å²) < 4.78 is 0. The van der Waals surface area contributed by atoms with Crippen molar-refractivity contribution in [2.24, 2.45) is 17.6 Å². The molecule has 0 unspecified atom stereocenters. The first-order valence-corrected chi connectivity index (χ1v) is 8.05. The summed E-state index contributed by atoms with van der Waals surface area (Å²) in [6.07, 6.45) is 13.2. The fourth-order valence-electron chi connectivity index (χ4n) is 3.20. The number of hydrogen-bond donors (Lipinski definition) is 2. The molecule has 3 nitrogen and oxygen atoms in total. The van der Waals surface area contributed by atoms with Gasteiger partial charge >= 0.3 is 5.97 Å². The Balaban J connectivity index is 2.00. The van der Waals surface area contributed by atoms with Gasteiger partial charge in [0.15, 0.2) is 0 Å². The molecule has 0 aromatic heterocycles. The Labute approximate surface area is 118 Å². The zero-order chi connectivity index (χ0) is 14.1. The van der Waals surface area contributed by atoms with Gasteiger partial charge in [-0.05, 0) is 24.7 Å². The molecule has 0 aliphatic heterocycles. The molecule has 1 aliphatic rings. The zero-order valence-electron chi connectivity index (χ0n) is 12.4. The summed E-state index contributed by atoms with van der Waals surface area (Å²) in [7, 11) is 0. The lowest BCUT2D eigenvalue weighted by Crippen LogP contribution is -2.24. The van der Waals surface area contributed by atoms with Gasteiger partial charge in [0.1, 0.15) is 0 Å². The predicted molar refractivity (Wildman–Crippen MR) is 79.1 cm³/mol. The maximum Gasteiger partial charge on any atom is 0.304 e. The summed E-state index contributed by atoms with van der Waals surface area (Å²) in [6.45, 7) is 2.27.